The Hall–Kier alpha value is -0.180. The first-order chi connectivity index (χ1) is 6.33. The number of carbonyl (C=O) groups is 1. The number of hydrogen-bond acceptors (Lipinski definition) is 2. The van der Waals surface area contributed by atoms with E-state index in [9.17, 15) is 4.79 Å². The minimum atomic E-state index is -0.913. The molecule has 1 aliphatic carbocycles. The van der Waals surface area contributed by atoms with Crippen molar-refractivity contribution in [1.82, 2.24) is 0 Å². The van der Waals surface area contributed by atoms with E-state index in [4.69, 9.17) is 39.5 Å². The minimum absolute atomic E-state index is 0.282. The second kappa shape index (κ2) is 4.13. The minimum Gasteiger partial charge on any atom is -0.417 e. The van der Waals surface area contributed by atoms with E-state index in [1.54, 1.807) is 19.1 Å². The predicted molar refractivity (Wildman–Crippen MR) is 58.1 cm³/mol. The van der Waals surface area contributed by atoms with Crippen molar-refractivity contribution >= 4 is 40.2 Å². The Bertz CT molecular complexity index is 318. The second-order valence-corrected chi connectivity index (χ2v) is 4.85. The number of carbonyl (C=O) groups excluding carboxylic acids is 1. The molecule has 0 radical (unpaired) electrons. The molecule has 0 aliphatic heterocycles. The average molecular weight is 256 g/mol. The molecule has 14 heavy (non-hydrogen) atoms. The summed E-state index contributed by atoms with van der Waals surface area (Å²) in [5, 5.41) is -0.601. The van der Waals surface area contributed by atoms with Crippen molar-refractivity contribution in [2.24, 2.45) is 0 Å². The third-order valence-corrected chi connectivity index (χ3v) is 3.01. The molecule has 5 heteroatoms. The fourth-order valence-corrected chi connectivity index (χ4v) is 1.85. The highest BCUT2D eigenvalue weighted by Crippen LogP contribution is 2.36. The van der Waals surface area contributed by atoms with Gasteiger partial charge >= 0.3 is 5.43 Å². The first-order valence-electron chi connectivity index (χ1n) is 3.94. The van der Waals surface area contributed by atoms with Gasteiger partial charge in [0.1, 0.15) is 11.1 Å². The molecule has 1 aliphatic rings. The molecular weight excluding hydrogens is 246 g/mol. The molecule has 0 fully saturated rings. The van der Waals surface area contributed by atoms with Crippen LogP contribution in [0, 0.1) is 0 Å². The molecule has 0 bridgehead atoms. The van der Waals surface area contributed by atoms with Gasteiger partial charge in [-0.15, -0.1) is 23.2 Å². The molecular formula is C9H9Cl3O2. The van der Waals surface area contributed by atoms with Crippen LogP contribution < -0.4 is 0 Å². The summed E-state index contributed by atoms with van der Waals surface area (Å²) in [6, 6.07) is 0. The summed E-state index contributed by atoms with van der Waals surface area (Å²) in [6.07, 6.45) is 3.44. The summed E-state index contributed by atoms with van der Waals surface area (Å²) in [7, 11) is 0. The monoisotopic (exact) mass is 254 g/mol. The van der Waals surface area contributed by atoms with Crippen LogP contribution in [0.25, 0.3) is 0 Å². The average Bonchev–Trinajstić information content (AvgIpc) is 1.97. The van der Waals surface area contributed by atoms with Crippen LogP contribution in [0.1, 0.15) is 13.8 Å². The maximum absolute atomic E-state index is 10.6. The lowest BCUT2D eigenvalue weighted by Crippen LogP contribution is -2.32. The molecule has 2 atom stereocenters. The van der Waals surface area contributed by atoms with E-state index in [-0.39, 0.29) is 5.76 Å². The molecule has 2 nitrogen and oxygen atoms in total. The number of ether oxygens (including phenoxy) is 1. The highest BCUT2D eigenvalue weighted by atomic mass is 35.5. The fraction of sp³-hybridized carbons (Fsp3) is 0.444. The summed E-state index contributed by atoms with van der Waals surface area (Å²) in [4.78, 5) is 9.79. The van der Waals surface area contributed by atoms with Crippen molar-refractivity contribution in [2.75, 3.05) is 0 Å². The van der Waals surface area contributed by atoms with Crippen LogP contribution in [0.3, 0.4) is 0 Å². The van der Waals surface area contributed by atoms with E-state index >= 15 is 0 Å². The van der Waals surface area contributed by atoms with Gasteiger partial charge in [0.15, 0.2) is 0 Å². The van der Waals surface area contributed by atoms with E-state index in [1.807, 2.05) is 6.92 Å². The van der Waals surface area contributed by atoms with Crippen molar-refractivity contribution in [1.29, 1.82) is 0 Å². The number of alkyl halides is 2. The quantitative estimate of drug-likeness (QED) is 0.526. The van der Waals surface area contributed by atoms with Crippen LogP contribution in [-0.4, -0.2) is 15.7 Å². The van der Waals surface area contributed by atoms with E-state index < -0.39 is 15.7 Å². The molecule has 0 amide bonds. The number of allylic oxidation sites excluding steroid dienone is 4. The summed E-state index contributed by atoms with van der Waals surface area (Å²) in [5.41, 5.74) is -0.0311. The third kappa shape index (κ3) is 2.66. The maximum Gasteiger partial charge on any atom is 0.408 e. The van der Waals surface area contributed by atoms with E-state index in [0.29, 0.717) is 0 Å². The Morgan fingerprint density at radius 3 is 2.71 bits per heavy atom. The molecule has 0 saturated carbocycles. The van der Waals surface area contributed by atoms with Gasteiger partial charge in [0.2, 0.25) is 0 Å². The number of rotatable bonds is 1. The zero-order valence-corrected chi connectivity index (χ0v) is 9.95. The third-order valence-electron chi connectivity index (χ3n) is 1.82. The van der Waals surface area contributed by atoms with Gasteiger partial charge in [0, 0.05) is 11.6 Å². The van der Waals surface area contributed by atoms with E-state index in [1.165, 1.54) is 0 Å². The van der Waals surface area contributed by atoms with Crippen molar-refractivity contribution in [3.63, 3.8) is 0 Å². The molecule has 0 spiro atoms. The van der Waals surface area contributed by atoms with Crippen molar-refractivity contribution < 1.29 is 9.53 Å². The predicted octanol–water partition coefficient (Wildman–Crippen LogP) is 3.81. The topological polar surface area (TPSA) is 26.3 Å². The van der Waals surface area contributed by atoms with Crippen LogP contribution in [0.2, 0.25) is 0 Å². The largest absolute Gasteiger partial charge is 0.417 e. The Labute approximate surface area is 97.5 Å². The Kier molecular flexibility index (Phi) is 3.51. The van der Waals surface area contributed by atoms with Crippen molar-refractivity contribution in [3.05, 3.63) is 23.5 Å². The number of hydrogen-bond donors (Lipinski definition) is 0. The second-order valence-electron chi connectivity index (χ2n) is 3.29. The highest BCUT2D eigenvalue weighted by Gasteiger charge is 2.36. The van der Waals surface area contributed by atoms with Crippen LogP contribution in [0.4, 0.5) is 4.79 Å². The Balaban J connectivity index is 2.95. The molecule has 0 saturated heterocycles. The van der Waals surface area contributed by atoms with Gasteiger partial charge in [-0.2, -0.15) is 0 Å². The van der Waals surface area contributed by atoms with Gasteiger partial charge in [-0.05, 0) is 25.5 Å². The fourth-order valence-electron chi connectivity index (χ4n) is 1.31. The normalized spacial score (nSPS) is 31.9. The van der Waals surface area contributed by atoms with Gasteiger partial charge < -0.3 is 4.74 Å². The van der Waals surface area contributed by atoms with E-state index in [2.05, 4.69) is 0 Å². The Morgan fingerprint density at radius 2 is 2.21 bits per heavy atom. The molecule has 0 aromatic carbocycles. The van der Waals surface area contributed by atoms with Gasteiger partial charge in [0.05, 0.1) is 4.87 Å². The molecule has 1 rings (SSSR count). The zero-order chi connectivity index (χ0) is 10.9. The molecule has 2 unspecified atom stereocenters. The summed E-state index contributed by atoms with van der Waals surface area (Å²) < 4.78 is 4.74. The van der Waals surface area contributed by atoms with Gasteiger partial charge in [-0.3, -0.25) is 0 Å². The maximum atomic E-state index is 10.6. The van der Waals surface area contributed by atoms with Crippen molar-refractivity contribution in [3.8, 4) is 0 Å². The van der Waals surface area contributed by atoms with Crippen LogP contribution in [0.5, 0.6) is 0 Å². The molecule has 0 heterocycles. The standard InChI is InChI=1S/C9H9Cl3O2/c1-5-3-6(14-8(11)13)7(10)9(2,12)4-5/h3-4,7H,1-2H3. The molecule has 0 aromatic rings. The lowest BCUT2D eigenvalue weighted by molar-refractivity contribution is 0.199. The lowest BCUT2D eigenvalue weighted by Gasteiger charge is -2.29. The summed E-state index contributed by atoms with van der Waals surface area (Å²) in [5.74, 6) is 0.282. The molecule has 0 aromatic heterocycles. The lowest BCUT2D eigenvalue weighted by atomic mass is 9.96. The molecule has 78 valence electrons. The summed E-state index contributed by atoms with van der Waals surface area (Å²) in [6.45, 7) is 3.58. The van der Waals surface area contributed by atoms with Crippen molar-refractivity contribution in [2.45, 2.75) is 24.1 Å². The van der Waals surface area contributed by atoms with Crippen LogP contribution in [-0.2, 0) is 4.74 Å². The molecule has 0 N–H and O–H groups in total. The summed E-state index contributed by atoms with van der Waals surface area (Å²) >= 11 is 17.2. The smallest absolute Gasteiger partial charge is 0.408 e. The first-order valence-corrected chi connectivity index (χ1v) is 5.13. The zero-order valence-electron chi connectivity index (χ0n) is 7.68. The van der Waals surface area contributed by atoms with Gasteiger partial charge in [0.25, 0.3) is 0 Å². The van der Waals surface area contributed by atoms with Gasteiger partial charge in [-0.1, -0.05) is 6.08 Å². The van der Waals surface area contributed by atoms with Gasteiger partial charge in [-0.25, -0.2) is 4.79 Å². The number of halogens is 3. The SMILES string of the molecule is CC1=CC(C)(Cl)C(Cl)C(OC(=O)Cl)=C1. The first kappa shape index (κ1) is 11.9. The van der Waals surface area contributed by atoms with E-state index in [0.717, 1.165) is 5.57 Å². The van der Waals surface area contributed by atoms with Crippen LogP contribution in [0.15, 0.2) is 23.5 Å². The Morgan fingerprint density at radius 1 is 1.64 bits per heavy atom. The van der Waals surface area contributed by atoms with Crippen LogP contribution >= 0.6 is 34.8 Å². The highest BCUT2D eigenvalue weighted by molar-refractivity contribution is 6.61.